The van der Waals surface area contributed by atoms with Gasteiger partial charge in [-0.15, -0.1) is 0 Å². The zero-order valence-electron chi connectivity index (χ0n) is 11.1. The average molecular weight is 314 g/mol. The first-order valence-corrected chi connectivity index (χ1v) is 6.56. The van der Waals surface area contributed by atoms with Gasteiger partial charge in [-0.1, -0.05) is 23.7 Å². The Morgan fingerprint density at radius 3 is 2.38 bits per heavy atom. The molecule has 0 aromatic heterocycles. The number of carbonyl (C=O) groups is 3. The van der Waals surface area contributed by atoms with E-state index >= 15 is 0 Å². The van der Waals surface area contributed by atoms with Crippen molar-refractivity contribution in [3.8, 4) is 0 Å². The van der Waals surface area contributed by atoms with E-state index in [1.165, 1.54) is 0 Å². The minimum absolute atomic E-state index is 0.316. The predicted octanol–water partition coefficient (Wildman–Crippen LogP) is 0.510. The summed E-state index contributed by atoms with van der Waals surface area (Å²) in [6.07, 6.45) is 0.109. The van der Waals surface area contributed by atoms with E-state index in [0.29, 0.717) is 18.0 Å². The second kappa shape index (κ2) is 8.11. The SMILES string of the molecule is NC(=O)CC(NC(=O)NCCc1ccc(Cl)cc1)C(=O)O. The Morgan fingerprint density at radius 2 is 1.86 bits per heavy atom. The fraction of sp³-hybridized carbons (Fsp3) is 0.308. The summed E-state index contributed by atoms with van der Waals surface area (Å²) in [5, 5.41) is 14.1. The van der Waals surface area contributed by atoms with Crippen LogP contribution in [0.1, 0.15) is 12.0 Å². The lowest BCUT2D eigenvalue weighted by molar-refractivity contribution is -0.140. The first-order chi connectivity index (χ1) is 9.88. The van der Waals surface area contributed by atoms with E-state index < -0.39 is 30.4 Å². The molecule has 0 bridgehead atoms. The Hall–Kier alpha value is -2.28. The molecular formula is C13H16ClN3O4. The maximum atomic E-state index is 11.5. The van der Waals surface area contributed by atoms with Crippen molar-refractivity contribution in [1.29, 1.82) is 0 Å². The van der Waals surface area contributed by atoms with Crippen LogP contribution in [0.15, 0.2) is 24.3 Å². The van der Waals surface area contributed by atoms with Crippen LogP contribution in [0.5, 0.6) is 0 Å². The van der Waals surface area contributed by atoms with Crippen molar-refractivity contribution in [2.75, 3.05) is 6.54 Å². The van der Waals surface area contributed by atoms with E-state index in [1.807, 2.05) is 12.1 Å². The molecule has 0 aliphatic heterocycles. The molecule has 0 heterocycles. The molecule has 1 rings (SSSR count). The fourth-order valence-electron chi connectivity index (χ4n) is 1.58. The van der Waals surface area contributed by atoms with E-state index in [2.05, 4.69) is 10.6 Å². The van der Waals surface area contributed by atoms with Crippen LogP contribution in [0.2, 0.25) is 5.02 Å². The Morgan fingerprint density at radius 1 is 1.24 bits per heavy atom. The minimum Gasteiger partial charge on any atom is -0.480 e. The third-order valence-electron chi connectivity index (χ3n) is 2.62. The van der Waals surface area contributed by atoms with Crippen LogP contribution in [0.3, 0.4) is 0 Å². The number of nitrogens with two attached hydrogens (primary N) is 1. The van der Waals surface area contributed by atoms with Gasteiger partial charge < -0.3 is 21.5 Å². The van der Waals surface area contributed by atoms with Gasteiger partial charge in [0.15, 0.2) is 0 Å². The lowest BCUT2D eigenvalue weighted by Crippen LogP contribution is -2.48. The first-order valence-electron chi connectivity index (χ1n) is 6.18. The second-order valence-electron chi connectivity index (χ2n) is 4.34. The van der Waals surface area contributed by atoms with Crippen molar-refractivity contribution in [3.63, 3.8) is 0 Å². The Labute approximate surface area is 126 Å². The number of hydrogen-bond acceptors (Lipinski definition) is 3. The molecule has 0 spiro atoms. The molecule has 0 aliphatic rings. The number of benzene rings is 1. The maximum absolute atomic E-state index is 11.5. The van der Waals surface area contributed by atoms with Crippen LogP contribution >= 0.6 is 11.6 Å². The van der Waals surface area contributed by atoms with Gasteiger partial charge in [0, 0.05) is 11.6 Å². The molecule has 5 N–H and O–H groups in total. The smallest absolute Gasteiger partial charge is 0.326 e. The van der Waals surface area contributed by atoms with Crippen molar-refractivity contribution in [2.24, 2.45) is 5.73 Å². The van der Waals surface area contributed by atoms with Gasteiger partial charge in [0.05, 0.1) is 6.42 Å². The number of rotatable bonds is 7. The summed E-state index contributed by atoms with van der Waals surface area (Å²) in [6, 6.07) is 5.13. The molecule has 8 heteroatoms. The number of primary amides is 1. The van der Waals surface area contributed by atoms with Gasteiger partial charge >= 0.3 is 12.0 Å². The molecule has 1 aromatic rings. The summed E-state index contributed by atoms with van der Waals surface area (Å²) in [4.78, 5) is 33.1. The number of carboxylic acids is 1. The topological polar surface area (TPSA) is 122 Å². The van der Waals surface area contributed by atoms with Crippen molar-refractivity contribution in [3.05, 3.63) is 34.9 Å². The first kappa shape index (κ1) is 16.8. The van der Waals surface area contributed by atoms with Crippen molar-refractivity contribution in [1.82, 2.24) is 10.6 Å². The van der Waals surface area contributed by atoms with Crippen molar-refractivity contribution < 1.29 is 19.5 Å². The van der Waals surface area contributed by atoms with Gasteiger partial charge in [0.25, 0.3) is 0 Å². The summed E-state index contributed by atoms with van der Waals surface area (Å²) in [7, 11) is 0. The second-order valence-corrected chi connectivity index (χ2v) is 4.77. The molecule has 7 nitrogen and oxygen atoms in total. The number of carbonyl (C=O) groups excluding carboxylic acids is 2. The molecule has 114 valence electrons. The number of hydrogen-bond donors (Lipinski definition) is 4. The molecule has 3 amide bonds. The Kier molecular flexibility index (Phi) is 6.48. The van der Waals surface area contributed by atoms with E-state index in [9.17, 15) is 14.4 Å². The van der Waals surface area contributed by atoms with Crippen LogP contribution in [0, 0.1) is 0 Å². The predicted molar refractivity (Wildman–Crippen MR) is 76.9 cm³/mol. The fourth-order valence-corrected chi connectivity index (χ4v) is 1.71. The van der Waals surface area contributed by atoms with Crippen LogP contribution in [-0.2, 0) is 16.0 Å². The molecular weight excluding hydrogens is 298 g/mol. The van der Waals surface area contributed by atoms with Crippen LogP contribution < -0.4 is 16.4 Å². The number of halogens is 1. The molecule has 0 saturated carbocycles. The zero-order chi connectivity index (χ0) is 15.8. The quantitative estimate of drug-likeness (QED) is 0.586. The maximum Gasteiger partial charge on any atom is 0.326 e. The normalized spacial score (nSPS) is 11.5. The molecule has 1 atom stereocenters. The Bertz CT molecular complexity index is 519. The number of urea groups is 1. The molecule has 0 saturated heterocycles. The van der Waals surface area contributed by atoms with Crippen molar-refractivity contribution >= 4 is 29.5 Å². The summed E-state index contributed by atoms with van der Waals surface area (Å²) < 4.78 is 0. The largest absolute Gasteiger partial charge is 0.480 e. The third-order valence-corrected chi connectivity index (χ3v) is 2.87. The Balaban J connectivity index is 2.37. The van der Waals surface area contributed by atoms with Crippen molar-refractivity contribution in [2.45, 2.75) is 18.9 Å². The van der Waals surface area contributed by atoms with E-state index in [1.54, 1.807) is 12.1 Å². The summed E-state index contributed by atoms with van der Waals surface area (Å²) in [5.74, 6) is -2.12. The van der Waals surface area contributed by atoms with E-state index in [0.717, 1.165) is 5.56 Å². The highest BCUT2D eigenvalue weighted by Gasteiger charge is 2.21. The molecule has 1 unspecified atom stereocenters. The summed E-state index contributed by atoms with van der Waals surface area (Å²) in [5.41, 5.74) is 5.89. The molecule has 0 aliphatic carbocycles. The molecule has 1 aromatic carbocycles. The number of carboxylic acid groups (broad SMARTS) is 1. The van der Waals surface area contributed by atoms with Gasteiger partial charge in [-0.3, -0.25) is 4.79 Å². The van der Waals surface area contributed by atoms with E-state index in [-0.39, 0.29) is 0 Å². The zero-order valence-corrected chi connectivity index (χ0v) is 11.9. The monoisotopic (exact) mass is 313 g/mol. The standard InChI is InChI=1S/C13H16ClN3O4/c14-9-3-1-8(2-4-9)5-6-16-13(21)17-10(12(19)20)7-11(15)18/h1-4,10H,5-7H2,(H2,15,18)(H,19,20)(H2,16,17,21). The number of aliphatic carboxylic acids is 1. The molecule has 0 fully saturated rings. The van der Waals surface area contributed by atoms with Gasteiger partial charge in [-0.05, 0) is 24.1 Å². The minimum atomic E-state index is -1.34. The van der Waals surface area contributed by atoms with Crippen LogP contribution in [0.25, 0.3) is 0 Å². The molecule has 0 radical (unpaired) electrons. The highest BCUT2D eigenvalue weighted by atomic mass is 35.5. The summed E-state index contributed by atoms with van der Waals surface area (Å²) in [6.45, 7) is 0.316. The summed E-state index contributed by atoms with van der Waals surface area (Å²) >= 11 is 5.75. The lowest BCUT2D eigenvalue weighted by Gasteiger charge is -2.13. The average Bonchev–Trinajstić information content (AvgIpc) is 2.39. The lowest BCUT2D eigenvalue weighted by atomic mass is 10.1. The highest BCUT2D eigenvalue weighted by Crippen LogP contribution is 2.09. The third kappa shape index (κ3) is 6.62. The number of nitrogens with one attached hydrogen (secondary N) is 2. The number of amides is 3. The molecule has 21 heavy (non-hydrogen) atoms. The van der Waals surface area contributed by atoms with E-state index in [4.69, 9.17) is 22.4 Å². The van der Waals surface area contributed by atoms with Crippen LogP contribution in [-0.4, -0.2) is 35.6 Å². The highest BCUT2D eigenvalue weighted by molar-refractivity contribution is 6.30. The van der Waals surface area contributed by atoms with Gasteiger partial charge in [0.1, 0.15) is 6.04 Å². The van der Waals surface area contributed by atoms with Gasteiger partial charge in [0.2, 0.25) is 5.91 Å². The van der Waals surface area contributed by atoms with Gasteiger partial charge in [-0.25, -0.2) is 9.59 Å². The van der Waals surface area contributed by atoms with Crippen LogP contribution in [0.4, 0.5) is 4.79 Å². The van der Waals surface area contributed by atoms with Gasteiger partial charge in [-0.2, -0.15) is 0 Å².